The van der Waals surface area contributed by atoms with E-state index in [0.29, 0.717) is 11.3 Å². The normalized spacial score (nSPS) is 12.2. The molecular formula is C26H27N5O4S. The number of imidazole rings is 1. The molecule has 1 atom stereocenters. The number of rotatable bonds is 7. The van der Waals surface area contributed by atoms with Crippen molar-refractivity contribution in [3.8, 4) is 0 Å². The van der Waals surface area contributed by atoms with Crippen LogP contribution in [0.4, 0.5) is 10.5 Å². The van der Waals surface area contributed by atoms with Crippen LogP contribution in [-0.4, -0.2) is 43.0 Å². The Morgan fingerprint density at radius 1 is 1.03 bits per heavy atom. The highest BCUT2D eigenvalue weighted by Crippen LogP contribution is 2.21. The first-order valence-electron chi connectivity index (χ1n) is 11.3. The molecular weight excluding hydrogens is 478 g/mol. The summed E-state index contributed by atoms with van der Waals surface area (Å²) in [6, 6.07) is 19.0. The number of nitrogens with one attached hydrogen (secondary N) is 2. The van der Waals surface area contributed by atoms with Crippen LogP contribution in [0.5, 0.6) is 0 Å². The van der Waals surface area contributed by atoms with Gasteiger partial charge in [0.2, 0.25) is 5.91 Å². The summed E-state index contributed by atoms with van der Waals surface area (Å²) in [4.78, 5) is 32.1. The standard InChI is InChI=1S/C26H27N5O4S/c1-18-9-7-8-12-24(18)36(34,35)29-26(33)28-22(15-19-10-5-4-6-11-19)25(32)31(3)20-13-14-21-23(16-20)30(2)17-27-21/h4-14,16-17,22H,15H2,1-3H3,(H2,28,29,33)/t22-/m0/s1. The van der Waals surface area contributed by atoms with E-state index < -0.39 is 28.0 Å². The van der Waals surface area contributed by atoms with Crippen molar-refractivity contribution < 1.29 is 18.0 Å². The van der Waals surface area contributed by atoms with Crippen LogP contribution in [0, 0.1) is 6.92 Å². The Balaban J connectivity index is 1.58. The summed E-state index contributed by atoms with van der Waals surface area (Å²) in [6.07, 6.45) is 1.87. The first kappa shape index (κ1) is 24.9. The maximum atomic E-state index is 13.5. The van der Waals surface area contributed by atoms with Gasteiger partial charge in [-0.15, -0.1) is 0 Å². The number of nitrogens with zero attached hydrogens (tertiary/aromatic N) is 3. The molecule has 0 spiro atoms. The molecule has 0 saturated heterocycles. The molecule has 0 aliphatic heterocycles. The first-order valence-corrected chi connectivity index (χ1v) is 12.8. The van der Waals surface area contributed by atoms with Gasteiger partial charge < -0.3 is 14.8 Å². The van der Waals surface area contributed by atoms with E-state index in [9.17, 15) is 18.0 Å². The number of sulfonamides is 1. The van der Waals surface area contributed by atoms with E-state index in [1.54, 1.807) is 44.6 Å². The lowest BCUT2D eigenvalue weighted by Crippen LogP contribution is -2.52. The van der Waals surface area contributed by atoms with Gasteiger partial charge in [-0.1, -0.05) is 48.5 Å². The van der Waals surface area contributed by atoms with Crippen molar-refractivity contribution in [1.82, 2.24) is 19.6 Å². The number of aromatic nitrogens is 2. The predicted octanol–water partition coefficient (Wildman–Crippen LogP) is 3.14. The second-order valence-corrected chi connectivity index (χ2v) is 10.2. The van der Waals surface area contributed by atoms with Gasteiger partial charge in [-0.3, -0.25) is 4.79 Å². The number of hydrogen-bond donors (Lipinski definition) is 2. The second kappa shape index (κ2) is 10.2. The number of urea groups is 1. The molecule has 0 radical (unpaired) electrons. The van der Waals surface area contributed by atoms with E-state index >= 15 is 0 Å². The Kier molecular flexibility index (Phi) is 7.07. The molecule has 0 saturated carbocycles. The zero-order chi connectivity index (χ0) is 25.9. The maximum absolute atomic E-state index is 13.5. The monoisotopic (exact) mass is 505 g/mol. The van der Waals surface area contributed by atoms with E-state index in [4.69, 9.17) is 0 Å². The van der Waals surface area contributed by atoms with E-state index in [-0.39, 0.29) is 11.3 Å². The fourth-order valence-corrected chi connectivity index (χ4v) is 5.12. The highest BCUT2D eigenvalue weighted by atomic mass is 32.2. The Morgan fingerprint density at radius 2 is 1.72 bits per heavy atom. The van der Waals surface area contributed by atoms with Crippen molar-refractivity contribution in [2.45, 2.75) is 24.3 Å². The molecule has 1 heterocycles. The summed E-state index contributed by atoms with van der Waals surface area (Å²) in [6.45, 7) is 1.64. The van der Waals surface area contributed by atoms with Crippen molar-refractivity contribution in [3.63, 3.8) is 0 Å². The van der Waals surface area contributed by atoms with Gasteiger partial charge in [0.15, 0.2) is 0 Å². The van der Waals surface area contributed by atoms with Crippen molar-refractivity contribution >= 4 is 38.7 Å². The number of carbonyl (C=O) groups is 2. The molecule has 3 aromatic carbocycles. The first-order chi connectivity index (χ1) is 17.2. The molecule has 0 aliphatic rings. The van der Waals surface area contributed by atoms with Gasteiger partial charge in [-0.25, -0.2) is 22.9 Å². The van der Waals surface area contributed by atoms with Gasteiger partial charge in [-0.05, 0) is 42.3 Å². The molecule has 3 amide bonds. The fraction of sp³-hybridized carbons (Fsp3) is 0.192. The zero-order valence-electron chi connectivity index (χ0n) is 20.2. The molecule has 0 bridgehead atoms. The van der Waals surface area contributed by atoms with Crippen LogP contribution < -0.4 is 14.9 Å². The smallest absolute Gasteiger partial charge is 0.329 e. The maximum Gasteiger partial charge on any atom is 0.329 e. The topological polar surface area (TPSA) is 113 Å². The number of carbonyl (C=O) groups excluding carboxylic acids is 2. The summed E-state index contributed by atoms with van der Waals surface area (Å²) in [5, 5.41) is 2.57. The number of hydrogen-bond acceptors (Lipinski definition) is 5. The Bertz CT molecular complexity index is 1520. The fourth-order valence-electron chi connectivity index (χ4n) is 3.96. The number of amides is 3. The number of fused-ring (bicyclic) bond motifs is 1. The third kappa shape index (κ3) is 5.38. The lowest BCUT2D eigenvalue weighted by Gasteiger charge is -2.25. The van der Waals surface area contributed by atoms with Crippen LogP contribution in [0.2, 0.25) is 0 Å². The van der Waals surface area contributed by atoms with E-state index in [1.807, 2.05) is 58.8 Å². The summed E-state index contributed by atoms with van der Waals surface area (Å²) < 4.78 is 29.4. The molecule has 186 valence electrons. The molecule has 1 aromatic heterocycles. The molecule has 0 fully saturated rings. The quantitative estimate of drug-likeness (QED) is 0.401. The van der Waals surface area contributed by atoms with Crippen LogP contribution in [0.25, 0.3) is 11.0 Å². The highest BCUT2D eigenvalue weighted by Gasteiger charge is 2.28. The van der Waals surface area contributed by atoms with Crippen LogP contribution in [-0.2, 0) is 28.3 Å². The Hall–Kier alpha value is -4.18. The minimum atomic E-state index is -4.13. The minimum Gasteiger partial charge on any atom is -0.334 e. The summed E-state index contributed by atoms with van der Waals surface area (Å²) >= 11 is 0. The van der Waals surface area contributed by atoms with Crippen molar-refractivity contribution in [3.05, 3.63) is 90.3 Å². The summed E-state index contributed by atoms with van der Waals surface area (Å²) in [5.74, 6) is -0.399. The Morgan fingerprint density at radius 3 is 2.44 bits per heavy atom. The SMILES string of the molecule is Cc1ccccc1S(=O)(=O)NC(=O)N[C@@H](Cc1ccccc1)C(=O)N(C)c1ccc2ncn(C)c2c1. The molecule has 4 rings (SSSR count). The lowest BCUT2D eigenvalue weighted by molar-refractivity contribution is -0.120. The number of benzene rings is 3. The largest absolute Gasteiger partial charge is 0.334 e. The molecule has 2 N–H and O–H groups in total. The van der Waals surface area contributed by atoms with Crippen molar-refractivity contribution in [1.29, 1.82) is 0 Å². The second-order valence-electron chi connectivity index (χ2n) is 8.51. The van der Waals surface area contributed by atoms with Gasteiger partial charge in [0.25, 0.3) is 10.0 Å². The minimum absolute atomic E-state index is 0.00677. The zero-order valence-corrected chi connectivity index (χ0v) is 21.0. The average molecular weight is 506 g/mol. The van der Waals surface area contributed by atoms with Crippen molar-refractivity contribution in [2.24, 2.45) is 7.05 Å². The molecule has 0 aliphatic carbocycles. The van der Waals surface area contributed by atoms with Gasteiger partial charge in [-0.2, -0.15) is 0 Å². The number of aryl methyl sites for hydroxylation is 2. The molecule has 9 nitrogen and oxygen atoms in total. The van der Waals surface area contributed by atoms with E-state index in [0.717, 1.165) is 16.6 Å². The van der Waals surface area contributed by atoms with Crippen molar-refractivity contribution in [2.75, 3.05) is 11.9 Å². The summed E-state index contributed by atoms with van der Waals surface area (Å²) in [7, 11) is -0.652. The predicted molar refractivity (Wildman–Crippen MR) is 138 cm³/mol. The van der Waals surface area contributed by atoms with Gasteiger partial charge in [0.05, 0.1) is 22.3 Å². The Labute approximate surface area is 209 Å². The van der Waals surface area contributed by atoms with E-state index in [1.165, 1.54) is 11.0 Å². The molecule has 10 heteroatoms. The van der Waals surface area contributed by atoms with Gasteiger partial charge in [0.1, 0.15) is 6.04 Å². The molecule has 4 aromatic rings. The molecule has 0 unspecified atom stereocenters. The van der Waals surface area contributed by atoms with Crippen LogP contribution in [0.1, 0.15) is 11.1 Å². The number of anilines is 1. The van der Waals surface area contributed by atoms with E-state index in [2.05, 4.69) is 10.3 Å². The lowest BCUT2D eigenvalue weighted by atomic mass is 10.0. The van der Waals surface area contributed by atoms with Crippen LogP contribution in [0.3, 0.4) is 0 Å². The average Bonchev–Trinajstić information content (AvgIpc) is 3.23. The number of likely N-dealkylation sites (N-methyl/N-ethyl adjacent to an activating group) is 1. The van der Waals surface area contributed by atoms with Crippen LogP contribution >= 0.6 is 0 Å². The van der Waals surface area contributed by atoms with Gasteiger partial charge in [0, 0.05) is 26.2 Å². The van der Waals surface area contributed by atoms with Crippen LogP contribution in [0.15, 0.2) is 84.0 Å². The highest BCUT2D eigenvalue weighted by molar-refractivity contribution is 7.90. The van der Waals surface area contributed by atoms with Gasteiger partial charge >= 0.3 is 6.03 Å². The third-order valence-corrected chi connectivity index (χ3v) is 7.41. The third-order valence-electron chi connectivity index (χ3n) is 5.92. The summed E-state index contributed by atoms with van der Waals surface area (Å²) in [5.41, 5.74) is 3.57. The molecule has 36 heavy (non-hydrogen) atoms.